The number of ketones is 1. The lowest BCUT2D eigenvalue weighted by Gasteiger charge is -2.36. The second kappa shape index (κ2) is 8.18. The lowest BCUT2D eigenvalue weighted by Crippen LogP contribution is -2.44. The third kappa shape index (κ3) is 3.00. The number of nitrogens with zero attached hydrogens (tertiary/aromatic N) is 4. The molecule has 1 saturated heterocycles. The van der Waals surface area contributed by atoms with E-state index in [0.29, 0.717) is 5.56 Å². The number of anilines is 1. The number of fused-ring (bicyclic) bond motifs is 5. The molecule has 3 heterocycles. The number of nitriles is 2. The normalized spacial score (nSPS) is 21.3. The molecular weight excluding hydrogens is 444 g/mol. The van der Waals surface area contributed by atoms with Crippen LogP contribution in [0.2, 0.25) is 0 Å². The highest BCUT2D eigenvalue weighted by Crippen LogP contribution is 2.56. The number of pyridine rings is 1. The van der Waals surface area contributed by atoms with Gasteiger partial charge < -0.3 is 4.90 Å². The number of aryl methyl sites for hydroxylation is 1. The fourth-order valence-electron chi connectivity index (χ4n) is 5.82. The fraction of sp³-hybridized carbons (Fsp3) is 0.161. The molecule has 4 aromatic rings. The average Bonchev–Trinajstić information content (AvgIpc) is 3.24. The van der Waals surface area contributed by atoms with Gasteiger partial charge in [-0.2, -0.15) is 10.5 Å². The zero-order chi connectivity index (χ0) is 24.9. The summed E-state index contributed by atoms with van der Waals surface area (Å²) in [5.41, 5.74) is 3.39. The summed E-state index contributed by atoms with van der Waals surface area (Å²) in [6, 6.07) is 28.2. The van der Waals surface area contributed by atoms with Crippen LogP contribution in [-0.2, 0) is 0 Å². The number of hydrogen-bond donors (Lipinski definition) is 0. The smallest absolute Gasteiger partial charge is 0.185 e. The summed E-state index contributed by atoms with van der Waals surface area (Å²) < 4.78 is 0. The van der Waals surface area contributed by atoms with Gasteiger partial charge in [0.05, 0.1) is 29.4 Å². The van der Waals surface area contributed by atoms with Crippen molar-refractivity contribution in [3.8, 4) is 12.1 Å². The summed E-state index contributed by atoms with van der Waals surface area (Å²) in [7, 11) is 0. The van der Waals surface area contributed by atoms with E-state index in [4.69, 9.17) is 0 Å². The van der Waals surface area contributed by atoms with Gasteiger partial charge in [0, 0.05) is 23.1 Å². The highest BCUT2D eigenvalue weighted by molar-refractivity contribution is 6.07. The number of carbonyl (C=O) groups is 1. The van der Waals surface area contributed by atoms with Gasteiger partial charge in [-0.05, 0) is 24.1 Å². The maximum absolute atomic E-state index is 14.4. The van der Waals surface area contributed by atoms with Gasteiger partial charge in [0.25, 0.3) is 0 Å². The van der Waals surface area contributed by atoms with Crippen LogP contribution in [0.25, 0.3) is 17.0 Å². The summed E-state index contributed by atoms with van der Waals surface area (Å²) in [4.78, 5) is 21.0. The molecule has 2 aliphatic heterocycles. The second-order valence-electron chi connectivity index (χ2n) is 9.45. The molecule has 0 aliphatic carbocycles. The van der Waals surface area contributed by atoms with Gasteiger partial charge >= 0.3 is 0 Å². The highest BCUT2D eigenvalue weighted by atomic mass is 16.1. The van der Waals surface area contributed by atoms with E-state index in [9.17, 15) is 15.3 Å². The molecule has 5 nitrogen and oxygen atoms in total. The minimum Gasteiger partial charge on any atom is -0.349 e. The predicted octanol–water partition coefficient (Wildman–Crippen LogP) is 5.83. The van der Waals surface area contributed by atoms with Crippen LogP contribution in [0.1, 0.15) is 33.0 Å². The van der Waals surface area contributed by atoms with E-state index in [1.54, 1.807) is 6.20 Å². The molecule has 0 spiro atoms. The summed E-state index contributed by atoms with van der Waals surface area (Å²) in [5.74, 6) is -0.780. The Kier molecular flexibility index (Phi) is 4.95. The van der Waals surface area contributed by atoms with Crippen LogP contribution < -0.4 is 4.90 Å². The van der Waals surface area contributed by atoms with Crippen molar-refractivity contribution in [2.45, 2.75) is 24.9 Å². The van der Waals surface area contributed by atoms with Crippen LogP contribution in [0, 0.1) is 35.0 Å². The maximum Gasteiger partial charge on any atom is 0.185 e. The molecule has 2 aliphatic rings. The van der Waals surface area contributed by atoms with E-state index in [-0.39, 0.29) is 5.78 Å². The van der Waals surface area contributed by atoms with Crippen LogP contribution in [-0.4, -0.2) is 22.9 Å². The third-order valence-corrected chi connectivity index (χ3v) is 7.50. The first-order chi connectivity index (χ1) is 17.6. The number of hydrogen-bond acceptors (Lipinski definition) is 5. The zero-order valence-electron chi connectivity index (χ0n) is 19.7. The molecule has 0 radical (unpaired) electrons. The Bertz CT molecular complexity index is 1590. The Balaban J connectivity index is 1.67. The van der Waals surface area contributed by atoms with Gasteiger partial charge in [0.1, 0.15) is 6.04 Å². The zero-order valence-corrected chi connectivity index (χ0v) is 19.7. The average molecular weight is 467 g/mol. The summed E-state index contributed by atoms with van der Waals surface area (Å²) >= 11 is 0. The molecule has 3 aromatic carbocycles. The Morgan fingerprint density at radius 3 is 2.42 bits per heavy atom. The van der Waals surface area contributed by atoms with Crippen molar-refractivity contribution in [1.29, 1.82) is 10.5 Å². The summed E-state index contributed by atoms with van der Waals surface area (Å²) in [6.07, 6.45) is 5.59. The third-order valence-electron chi connectivity index (χ3n) is 7.50. The molecule has 6 rings (SSSR count). The van der Waals surface area contributed by atoms with Gasteiger partial charge in [-0.25, -0.2) is 0 Å². The molecule has 1 unspecified atom stereocenters. The van der Waals surface area contributed by atoms with Crippen LogP contribution in [0.4, 0.5) is 5.69 Å². The van der Waals surface area contributed by atoms with E-state index in [1.807, 2.05) is 103 Å². The van der Waals surface area contributed by atoms with Crippen molar-refractivity contribution in [2.24, 2.45) is 5.41 Å². The number of Topliss-reactive ketones (excluding diaryl/α,β-unsaturated/α-hetero) is 1. The fourth-order valence-corrected chi connectivity index (χ4v) is 5.82. The van der Waals surface area contributed by atoms with Gasteiger partial charge in [0.2, 0.25) is 0 Å². The van der Waals surface area contributed by atoms with Crippen molar-refractivity contribution in [3.05, 3.63) is 113 Å². The molecule has 0 bridgehead atoms. The van der Waals surface area contributed by atoms with Crippen molar-refractivity contribution >= 4 is 28.4 Å². The van der Waals surface area contributed by atoms with Gasteiger partial charge in [-0.15, -0.1) is 0 Å². The molecule has 1 aromatic heterocycles. The van der Waals surface area contributed by atoms with Crippen molar-refractivity contribution in [1.82, 2.24) is 4.98 Å². The minimum absolute atomic E-state index is 0.115. The molecule has 172 valence electrons. The summed E-state index contributed by atoms with van der Waals surface area (Å²) in [6.45, 7) is 1.98. The standard InChI is InChI=1S/C31H22N4O/c1-20-9-11-24(12-10-20)30(36)29-26(21-6-3-2-4-7-21)31(18-32,19-33)25-16-15-23-14-13-22-8-5-17-34-27(22)28(23)35(25)29/h2-17,25-26,29H,1H3/t25?,26-,29+/m0/s1. The quantitative estimate of drug-likeness (QED) is 0.355. The number of benzene rings is 3. The first-order valence-corrected chi connectivity index (χ1v) is 11.9. The van der Waals surface area contributed by atoms with Crippen molar-refractivity contribution < 1.29 is 4.79 Å². The Hall–Kier alpha value is -4.74. The van der Waals surface area contributed by atoms with E-state index in [1.165, 1.54) is 0 Å². The molecule has 0 N–H and O–H groups in total. The van der Waals surface area contributed by atoms with Crippen LogP contribution >= 0.6 is 0 Å². The lowest BCUT2D eigenvalue weighted by molar-refractivity contribution is 0.0951. The monoisotopic (exact) mass is 466 g/mol. The number of rotatable bonds is 3. The minimum atomic E-state index is -1.47. The Morgan fingerprint density at radius 2 is 1.69 bits per heavy atom. The Morgan fingerprint density at radius 1 is 0.944 bits per heavy atom. The first-order valence-electron chi connectivity index (χ1n) is 11.9. The molecular formula is C31H22N4O. The Labute approximate surface area is 209 Å². The molecule has 0 saturated carbocycles. The molecule has 5 heteroatoms. The van der Waals surface area contributed by atoms with E-state index in [0.717, 1.165) is 33.3 Å². The largest absolute Gasteiger partial charge is 0.349 e. The van der Waals surface area contributed by atoms with E-state index < -0.39 is 23.4 Å². The molecule has 3 atom stereocenters. The van der Waals surface area contributed by atoms with Crippen molar-refractivity contribution in [2.75, 3.05) is 4.90 Å². The van der Waals surface area contributed by atoms with Gasteiger partial charge in [-0.3, -0.25) is 9.78 Å². The van der Waals surface area contributed by atoms with Crippen molar-refractivity contribution in [3.63, 3.8) is 0 Å². The number of carbonyl (C=O) groups excluding carboxylic acids is 1. The van der Waals surface area contributed by atoms with E-state index >= 15 is 0 Å². The predicted molar refractivity (Wildman–Crippen MR) is 139 cm³/mol. The molecule has 1 fully saturated rings. The lowest BCUT2D eigenvalue weighted by atomic mass is 9.69. The van der Waals surface area contributed by atoms with Gasteiger partial charge in [0.15, 0.2) is 11.2 Å². The SMILES string of the molecule is Cc1ccc(C(=O)[C@H]2[C@H](c3ccccc3)C(C#N)(C#N)C3C=Cc4ccc5cccnc5c4N32)cc1. The number of aromatic nitrogens is 1. The highest BCUT2D eigenvalue weighted by Gasteiger charge is 2.63. The molecule has 36 heavy (non-hydrogen) atoms. The van der Waals surface area contributed by atoms with Gasteiger partial charge in [-0.1, -0.05) is 90.5 Å². The topological polar surface area (TPSA) is 80.8 Å². The maximum atomic E-state index is 14.4. The molecule has 0 amide bonds. The second-order valence-corrected chi connectivity index (χ2v) is 9.45. The van der Waals surface area contributed by atoms with Crippen LogP contribution in [0.3, 0.4) is 0 Å². The van der Waals surface area contributed by atoms with Crippen LogP contribution in [0.5, 0.6) is 0 Å². The summed E-state index contributed by atoms with van der Waals surface area (Å²) in [5, 5.41) is 22.1. The first kappa shape index (κ1) is 21.8. The van der Waals surface area contributed by atoms with E-state index in [2.05, 4.69) is 17.1 Å². The van der Waals surface area contributed by atoms with Crippen LogP contribution in [0.15, 0.2) is 91.1 Å².